The number of H-pyrrole nitrogens is 1. The van der Waals surface area contributed by atoms with Gasteiger partial charge in [-0.1, -0.05) is 13.8 Å². The number of halogens is 1. The first kappa shape index (κ1) is 14.0. The van der Waals surface area contributed by atoms with E-state index in [1.165, 1.54) is 0 Å². The lowest BCUT2D eigenvalue weighted by Gasteiger charge is -2.25. The van der Waals surface area contributed by atoms with E-state index in [4.69, 9.17) is 16.3 Å². The summed E-state index contributed by atoms with van der Waals surface area (Å²) in [5.41, 5.74) is 1.39. The van der Waals surface area contributed by atoms with Crippen LogP contribution in [0.15, 0.2) is 6.33 Å². The molecule has 2 aromatic heterocycles. The highest BCUT2D eigenvalue weighted by molar-refractivity contribution is 6.28. The third kappa shape index (κ3) is 3.33. The number of ether oxygens (including phenoxy) is 1. The highest BCUT2D eigenvalue weighted by Crippen LogP contribution is 2.23. The van der Waals surface area contributed by atoms with Gasteiger partial charge in [0.2, 0.25) is 5.28 Å². The Labute approximate surface area is 117 Å². The highest BCUT2D eigenvalue weighted by atomic mass is 35.5. The SMILES string of the molecule is COCCN(CC(C)C)c1nc(Cl)nc2nc[nH]c12. The number of imidazole rings is 1. The molecule has 0 saturated carbocycles. The maximum atomic E-state index is 5.96. The molecule has 0 aliphatic rings. The third-order valence-corrected chi connectivity index (χ3v) is 2.86. The fourth-order valence-corrected chi connectivity index (χ4v) is 2.11. The number of nitrogens with one attached hydrogen (secondary N) is 1. The molecule has 6 nitrogen and oxygen atoms in total. The maximum Gasteiger partial charge on any atom is 0.226 e. The summed E-state index contributed by atoms with van der Waals surface area (Å²) in [5, 5.41) is 0.209. The number of nitrogens with zero attached hydrogens (tertiary/aromatic N) is 4. The molecule has 2 aromatic rings. The second-order valence-corrected chi connectivity index (χ2v) is 5.09. The highest BCUT2D eigenvalue weighted by Gasteiger charge is 2.16. The lowest BCUT2D eigenvalue weighted by Crippen LogP contribution is -2.32. The molecule has 0 atom stereocenters. The van der Waals surface area contributed by atoms with Crippen LogP contribution in [0.3, 0.4) is 0 Å². The first-order chi connectivity index (χ1) is 9.11. The summed E-state index contributed by atoms with van der Waals surface area (Å²) < 4.78 is 5.16. The number of rotatable bonds is 6. The lowest BCUT2D eigenvalue weighted by molar-refractivity contribution is 0.204. The normalized spacial score (nSPS) is 11.4. The van der Waals surface area contributed by atoms with Crippen LogP contribution in [0, 0.1) is 5.92 Å². The van der Waals surface area contributed by atoms with Gasteiger partial charge < -0.3 is 14.6 Å². The molecule has 0 aromatic carbocycles. The van der Waals surface area contributed by atoms with Gasteiger partial charge in [0, 0.05) is 20.2 Å². The van der Waals surface area contributed by atoms with Crippen LogP contribution in [0.2, 0.25) is 5.28 Å². The van der Waals surface area contributed by atoms with Crippen molar-refractivity contribution in [3.8, 4) is 0 Å². The number of aromatic amines is 1. The van der Waals surface area contributed by atoms with E-state index in [9.17, 15) is 0 Å². The Morgan fingerprint density at radius 3 is 2.89 bits per heavy atom. The van der Waals surface area contributed by atoms with Crippen molar-refractivity contribution < 1.29 is 4.74 Å². The van der Waals surface area contributed by atoms with Gasteiger partial charge in [-0.15, -0.1) is 0 Å². The zero-order valence-corrected chi connectivity index (χ0v) is 12.1. The smallest absolute Gasteiger partial charge is 0.226 e. The average Bonchev–Trinajstić information content (AvgIpc) is 2.80. The number of aromatic nitrogens is 4. The van der Waals surface area contributed by atoms with Crippen molar-refractivity contribution in [2.45, 2.75) is 13.8 Å². The van der Waals surface area contributed by atoms with Gasteiger partial charge in [0.25, 0.3) is 0 Å². The lowest BCUT2D eigenvalue weighted by atomic mass is 10.2. The van der Waals surface area contributed by atoms with Gasteiger partial charge in [-0.25, -0.2) is 4.98 Å². The zero-order valence-electron chi connectivity index (χ0n) is 11.4. The third-order valence-electron chi connectivity index (χ3n) is 2.69. The molecule has 0 saturated heterocycles. The number of hydrogen-bond donors (Lipinski definition) is 1. The summed E-state index contributed by atoms with van der Waals surface area (Å²) in [6, 6.07) is 0. The monoisotopic (exact) mass is 283 g/mol. The van der Waals surface area contributed by atoms with E-state index < -0.39 is 0 Å². The van der Waals surface area contributed by atoms with E-state index in [1.807, 2.05) is 0 Å². The van der Waals surface area contributed by atoms with Crippen LogP contribution in [0.1, 0.15) is 13.8 Å². The molecule has 1 N–H and O–H groups in total. The van der Waals surface area contributed by atoms with Crippen LogP contribution in [0.25, 0.3) is 11.2 Å². The Morgan fingerprint density at radius 2 is 2.21 bits per heavy atom. The minimum atomic E-state index is 0.209. The van der Waals surface area contributed by atoms with E-state index in [2.05, 4.69) is 38.7 Å². The molecule has 2 heterocycles. The number of methoxy groups -OCH3 is 1. The molecule has 0 bridgehead atoms. The van der Waals surface area contributed by atoms with Gasteiger partial charge in [-0.3, -0.25) is 0 Å². The molecule has 0 spiro atoms. The van der Waals surface area contributed by atoms with Crippen molar-refractivity contribution >= 4 is 28.6 Å². The van der Waals surface area contributed by atoms with Gasteiger partial charge in [-0.05, 0) is 17.5 Å². The van der Waals surface area contributed by atoms with Crippen LogP contribution >= 0.6 is 11.6 Å². The molecule has 0 fully saturated rings. The van der Waals surface area contributed by atoms with E-state index in [0.717, 1.165) is 24.4 Å². The molecule has 19 heavy (non-hydrogen) atoms. The topological polar surface area (TPSA) is 66.9 Å². The first-order valence-corrected chi connectivity index (χ1v) is 6.60. The molecule has 2 rings (SSSR count). The molecule has 0 aliphatic carbocycles. The quantitative estimate of drug-likeness (QED) is 0.823. The molecule has 0 amide bonds. The predicted molar refractivity (Wildman–Crippen MR) is 75.6 cm³/mol. The van der Waals surface area contributed by atoms with Gasteiger partial charge in [0.15, 0.2) is 11.5 Å². The number of hydrogen-bond acceptors (Lipinski definition) is 5. The van der Waals surface area contributed by atoms with Crippen LogP contribution in [0.4, 0.5) is 5.82 Å². The van der Waals surface area contributed by atoms with Crippen molar-refractivity contribution in [2.24, 2.45) is 5.92 Å². The summed E-state index contributed by atoms with van der Waals surface area (Å²) in [6.07, 6.45) is 1.60. The Hall–Kier alpha value is -1.40. The largest absolute Gasteiger partial charge is 0.383 e. The van der Waals surface area contributed by atoms with Crippen molar-refractivity contribution in [3.63, 3.8) is 0 Å². The van der Waals surface area contributed by atoms with Crippen molar-refractivity contribution in [1.29, 1.82) is 0 Å². The Balaban J connectivity index is 2.38. The second kappa shape index (κ2) is 6.16. The fourth-order valence-electron chi connectivity index (χ4n) is 1.95. The number of fused-ring (bicyclic) bond motifs is 1. The van der Waals surface area contributed by atoms with Gasteiger partial charge in [0.05, 0.1) is 12.9 Å². The van der Waals surface area contributed by atoms with Crippen LogP contribution in [-0.2, 0) is 4.74 Å². The minimum absolute atomic E-state index is 0.209. The zero-order chi connectivity index (χ0) is 13.8. The molecular weight excluding hydrogens is 266 g/mol. The summed E-state index contributed by atoms with van der Waals surface area (Å²) in [6.45, 7) is 6.56. The predicted octanol–water partition coefficient (Wildman–Crippen LogP) is 2.12. The molecule has 7 heteroatoms. The minimum Gasteiger partial charge on any atom is -0.383 e. The molecule has 104 valence electrons. The molecular formula is C12H18ClN5O. The molecule has 0 unspecified atom stereocenters. The van der Waals surface area contributed by atoms with Crippen LogP contribution < -0.4 is 4.90 Å². The van der Waals surface area contributed by atoms with E-state index in [1.54, 1.807) is 13.4 Å². The van der Waals surface area contributed by atoms with Crippen LogP contribution in [0.5, 0.6) is 0 Å². The Morgan fingerprint density at radius 1 is 1.42 bits per heavy atom. The van der Waals surface area contributed by atoms with Crippen molar-refractivity contribution in [3.05, 3.63) is 11.6 Å². The first-order valence-electron chi connectivity index (χ1n) is 6.22. The van der Waals surface area contributed by atoms with Gasteiger partial charge >= 0.3 is 0 Å². The van der Waals surface area contributed by atoms with Gasteiger partial charge in [-0.2, -0.15) is 9.97 Å². The summed E-state index contributed by atoms with van der Waals surface area (Å²) in [7, 11) is 1.69. The van der Waals surface area contributed by atoms with Crippen LogP contribution in [-0.4, -0.2) is 46.7 Å². The summed E-state index contributed by atoms with van der Waals surface area (Å²) in [4.78, 5) is 17.8. The number of anilines is 1. The van der Waals surface area contributed by atoms with E-state index >= 15 is 0 Å². The average molecular weight is 284 g/mol. The molecule has 0 aliphatic heterocycles. The molecule has 0 radical (unpaired) electrons. The maximum absolute atomic E-state index is 5.96. The van der Waals surface area contributed by atoms with Gasteiger partial charge in [0.1, 0.15) is 5.52 Å². The fraction of sp³-hybridized carbons (Fsp3) is 0.583. The van der Waals surface area contributed by atoms with E-state index in [0.29, 0.717) is 18.2 Å². The second-order valence-electron chi connectivity index (χ2n) is 4.75. The Kier molecular flexibility index (Phi) is 4.55. The Bertz CT molecular complexity index is 542. The van der Waals surface area contributed by atoms with Crippen molar-refractivity contribution in [1.82, 2.24) is 19.9 Å². The van der Waals surface area contributed by atoms with Crippen molar-refractivity contribution in [2.75, 3.05) is 31.7 Å². The van der Waals surface area contributed by atoms with E-state index in [-0.39, 0.29) is 5.28 Å². The summed E-state index contributed by atoms with van der Waals surface area (Å²) in [5.74, 6) is 1.28. The standard InChI is InChI=1S/C12H18ClN5O/c1-8(2)6-18(4-5-19-3)11-9-10(15-7-14-9)16-12(13)17-11/h7-8H,4-6H2,1-3H3,(H,14,15,16,17). The summed E-state index contributed by atoms with van der Waals surface area (Å²) >= 11 is 5.96.